The molecule has 2 rings (SSSR count). The zero-order valence-corrected chi connectivity index (χ0v) is 16.2. The van der Waals surface area contributed by atoms with Crippen LogP contribution in [0.3, 0.4) is 0 Å². The largest absolute Gasteiger partial charge is 0.309 e. The Bertz CT molecular complexity index is 554. The number of halogens is 4. The highest BCUT2D eigenvalue weighted by atomic mass is 127. The number of benzene rings is 1. The number of hydrogen-bond donors (Lipinski definition) is 1. The van der Waals surface area contributed by atoms with Gasteiger partial charge in [-0.15, -0.1) is 11.3 Å². The summed E-state index contributed by atoms with van der Waals surface area (Å²) in [7, 11) is 1.96. The van der Waals surface area contributed by atoms with Gasteiger partial charge in [0.1, 0.15) is 0 Å². The standard InChI is InChI=1S/C12H9Br2ClINS/c1-17-11(10-5-9(15)12(14)18-10)7-4-6(16)2-3-8(7)13/h2-5,11,17H,1H3. The van der Waals surface area contributed by atoms with Gasteiger partial charge in [-0.05, 0) is 75.4 Å². The van der Waals surface area contributed by atoms with Crippen LogP contribution in [-0.2, 0) is 0 Å². The van der Waals surface area contributed by atoms with Crippen LogP contribution in [-0.4, -0.2) is 7.05 Å². The summed E-state index contributed by atoms with van der Waals surface area (Å²) >= 11 is 17.2. The zero-order chi connectivity index (χ0) is 13.3. The third kappa shape index (κ3) is 3.30. The van der Waals surface area contributed by atoms with Gasteiger partial charge in [0, 0.05) is 12.9 Å². The number of rotatable bonds is 3. The van der Waals surface area contributed by atoms with E-state index in [4.69, 9.17) is 11.6 Å². The Hall–Kier alpha value is 0.860. The summed E-state index contributed by atoms with van der Waals surface area (Å²) in [5, 5.41) is 4.10. The van der Waals surface area contributed by atoms with Crippen LogP contribution in [0.5, 0.6) is 0 Å². The molecular weight excluding hydrogens is 512 g/mol. The molecule has 2 aromatic rings. The quantitative estimate of drug-likeness (QED) is 0.501. The second kappa shape index (κ2) is 6.54. The van der Waals surface area contributed by atoms with Crippen molar-refractivity contribution in [3.63, 3.8) is 0 Å². The highest BCUT2D eigenvalue weighted by molar-refractivity contribution is 14.1. The van der Waals surface area contributed by atoms with Crippen molar-refractivity contribution in [1.29, 1.82) is 0 Å². The van der Waals surface area contributed by atoms with Gasteiger partial charge in [-0.3, -0.25) is 0 Å². The predicted octanol–water partition coefficient (Wildman–Crippen LogP) is 5.84. The maximum atomic E-state index is 6.11. The van der Waals surface area contributed by atoms with Crippen LogP contribution in [0.2, 0.25) is 5.02 Å². The Labute approximate surface area is 146 Å². The molecule has 0 spiro atoms. The lowest BCUT2D eigenvalue weighted by Crippen LogP contribution is -2.17. The van der Waals surface area contributed by atoms with E-state index in [0.29, 0.717) is 0 Å². The molecule has 0 saturated carbocycles. The van der Waals surface area contributed by atoms with E-state index >= 15 is 0 Å². The minimum atomic E-state index is 0.142. The third-order valence-electron chi connectivity index (χ3n) is 2.51. The van der Waals surface area contributed by atoms with Crippen molar-refractivity contribution in [2.45, 2.75) is 6.04 Å². The Kier molecular flexibility index (Phi) is 5.54. The molecule has 1 heterocycles. The molecule has 0 aliphatic heterocycles. The zero-order valence-electron chi connectivity index (χ0n) is 9.31. The minimum Gasteiger partial charge on any atom is -0.309 e. The average molecular weight is 521 g/mol. The molecule has 1 nitrogen and oxygen atoms in total. The molecule has 0 bridgehead atoms. The molecule has 1 aromatic carbocycles. The van der Waals surface area contributed by atoms with Gasteiger partial charge in [0.15, 0.2) is 0 Å². The lowest BCUT2D eigenvalue weighted by atomic mass is 10.1. The molecule has 0 amide bonds. The summed E-state index contributed by atoms with van der Waals surface area (Å²) in [6.07, 6.45) is 0. The molecule has 0 radical (unpaired) electrons. The van der Waals surface area contributed by atoms with Crippen LogP contribution in [0.1, 0.15) is 16.5 Å². The smallest absolute Gasteiger partial charge is 0.0888 e. The fourth-order valence-corrected chi connectivity index (χ4v) is 4.56. The van der Waals surface area contributed by atoms with Gasteiger partial charge < -0.3 is 5.32 Å². The molecule has 1 aromatic heterocycles. The van der Waals surface area contributed by atoms with Crippen molar-refractivity contribution < 1.29 is 0 Å². The van der Waals surface area contributed by atoms with Crippen molar-refractivity contribution in [1.82, 2.24) is 5.32 Å². The Balaban J connectivity index is 2.48. The first-order valence-electron chi connectivity index (χ1n) is 5.10. The van der Waals surface area contributed by atoms with Crippen LogP contribution in [0.25, 0.3) is 0 Å². The Morgan fingerprint density at radius 2 is 2.06 bits per heavy atom. The lowest BCUT2D eigenvalue weighted by molar-refractivity contribution is 0.700. The van der Waals surface area contributed by atoms with Crippen molar-refractivity contribution in [2.24, 2.45) is 0 Å². The molecule has 18 heavy (non-hydrogen) atoms. The van der Waals surface area contributed by atoms with E-state index in [2.05, 4.69) is 78.0 Å². The minimum absolute atomic E-state index is 0.142. The second-order valence-electron chi connectivity index (χ2n) is 3.66. The monoisotopic (exact) mass is 519 g/mol. The van der Waals surface area contributed by atoms with Gasteiger partial charge in [0.25, 0.3) is 0 Å². The lowest BCUT2D eigenvalue weighted by Gasteiger charge is -2.17. The molecule has 1 atom stereocenters. The van der Waals surface area contributed by atoms with E-state index in [1.54, 1.807) is 11.3 Å². The number of thiophene rings is 1. The van der Waals surface area contributed by atoms with Crippen LogP contribution < -0.4 is 5.32 Å². The summed E-state index contributed by atoms with van der Waals surface area (Å²) in [5.41, 5.74) is 1.22. The topological polar surface area (TPSA) is 12.0 Å². The summed E-state index contributed by atoms with van der Waals surface area (Å²) in [6.45, 7) is 0. The van der Waals surface area contributed by atoms with E-state index in [-0.39, 0.29) is 6.04 Å². The van der Waals surface area contributed by atoms with E-state index in [9.17, 15) is 0 Å². The van der Waals surface area contributed by atoms with Gasteiger partial charge in [-0.25, -0.2) is 0 Å². The molecule has 0 aliphatic rings. The third-order valence-corrected chi connectivity index (χ3v) is 6.44. The average Bonchev–Trinajstić information content (AvgIpc) is 2.65. The highest BCUT2D eigenvalue weighted by Gasteiger charge is 2.18. The van der Waals surface area contributed by atoms with Gasteiger partial charge in [-0.2, -0.15) is 0 Å². The molecule has 0 aliphatic carbocycles. The van der Waals surface area contributed by atoms with Crippen molar-refractivity contribution >= 4 is 77.4 Å². The summed E-state index contributed by atoms with van der Waals surface area (Å²) in [4.78, 5) is 1.19. The highest BCUT2D eigenvalue weighted by Crippen LogP contribution is 2.39. The Morgan fingerprint density at radius 1 is 1.33 bits per heavy atom. The van der Waals surface area contributed by atoms with Gasteiger partial charge in [-0.1, -0.05) is 27.5 Å². The van der Waals surface area contributed by atoms with Gasteiger partial charge >= 0.3 is 0 Å². The normalized spacial score (nSPS) is 12.7. The molecule has 96 valence electrons. The van der Waals surface area contributed by atoms with E-state index in [1.165, 1.54) is 14.0 Å². The summed E-state index contributed by atoms with van der Waals surface area (Å²) < 4.78 is 3.29. The van der Waals surface area contributed by atoms with Crippen LogP contribution in [0.4, 0.5) is 0 Å². The first-order chi connectivity index (χ1) is 8.52. The van der Waals surface area contributed by atoms with E-state index < -0.39 is 0 Å². The van der Waals surface area contributed by atoms with Gasteiger partial charge in [0.05, 0.1) is 14.9 Å². The fourth-order valence-electron chi connectivity index (χ4n) is 1.69. The van der Waals surface area contributed by atoms with Crippen molar-refractivity contribution in [2.75, 3.05) is 7.05 Å². The SMILES string of the molecule is CNC(c1cc(Cl)c(Br)s1)c1cc(I)ccc1Br. The van der Waals surface area contributed by atoms with Crippen LogP contribution in [0.15, 0.2) is 32.5 Å². The van der Waals surface area contributed by atoms with Crippen LogP contribution >= 0.6 is 77.4 Å². The Morgan fingerprint density at radius 3 is 2.61 bits per heavy atom. The number of hydrogen-bond acceptors (Lipinski definition) is 2. The molecule has 0 saturated heterocycles. The number of nitrogens with one attached hydrogen (secondary N) is 1. The molecule has 1 unspecified atom stereocenters. The predicted molar refractivity (Wildman–Crippen MR) is 94.8 cm³/mol. The first-order valence-corrected chi connectivity index (χ1v) is 8.95. The molecule has 0 fully saturated rings. The molecule has 6 heteroatoms. The van der Waals surface area contributed by atoms with Crippen molar-refractivity contribution in [3.05, 3.63) is 51.6 Å². The molecule has 1 N–H and O–H groups in total. The summed E-state index contributed by atoms with van der Waals surface area (Å²) in [6, 6.07) is 8.48. The van der Waals surface area contributed by atoms with E-state index in [0.717, 1.165) is 13.3 Å². The summed E-state index contributed by atoms with van der Waals surface area (Å²) in [5.74, 6) is 0. The second-order valence-corrected chi connectivity index (χ2v) is 8.57. The maximum absolute atomic E-state index is 6.11. The van der Waals surface area contributed by atoms with Crippen molar-refractivity contribution in [3.8, 4) is 0 Å². The van der Waals surface area contributed by atoms with Crippen LogP contribution in [0, 0.1) is 3.57 Å². The molecular formula is C12H9Br2ClINS. The van der Waals surface area contributed by atoms with E-state index in [1.807, 2.05) is 13.1 Å². The fraction of sp³-hybridized carbons (Fsp3) is 0.167. The first kappa shape index (κ1) is 15.3. The maximum Gasteiger partial charge on any atom is 0.0888 e. The van der Waals surface area contributed by atoms with Gasteiger partial charge in [0.2, 0.25) is 0 Å².